The summed E-state index contributed by atoms with van der Waals surface area (Å²) in [6.45, 7) is 2.04. The number of thioether (sulfide) groups is 1. The highest BCUT2D eigenvalue weighted by atomic mass is 127. The van der Waals surface area contributed by atoms with Crippen LogP contribution < -0.4 is 21.3 Å². The third-order valence-electron chi connectivity index (χ3n) is 15.7. The molecule has 29 heteroatoms. The van der Waals surface area contributed by atoms with E-state index < -0.39 is 84.5 Å². The van der Waals surface area contributed by atoms with Crippen LogP contribution in [0.25, 0.3) is 0 Å². The number of fused-ring (bicyclic) bond motifs is 1. The van der Waals surface area contributed by atoms with Crippen LogP contribution in [0, 0.1) is 20.8 Å². The van der Waals surface area contributed by atoms with Crippen LogP contribution in [0.15, 0.2) is 42.5 Å². The van der Waals surface area contributed by atoms with Crippen LogP contribution in [0.3, 0.4) is 0 Å². The van der Waals surface area contributed by atoms with Crippen LogP contribution in [0.5, 0.6) is 0 Å². The molecule has 0 bridgehead atoms. The Balaban J connectivity index is 0.914. The molecule has 0 aromatic heterocycles. The van der Waals surface area contributed by atoms with Crippen molar-refractivity contribution in [1.29, 1.82) is 5.26 Å². The number of aliphatic carboxylic acids is 3. The van der Waals surface area contributed by atoms with Gasteiger partial charge in [-0.25, -0.2) is 8.78 Å². The summed E-state index contributed by atoms with van der Waals surface area (Å²) in [6, 6.07) is 12.4. The van der Waals surface area contributed by atoms with E-state index in [2.05, 4.69) is 43.9 Å². The minimum absolute atomic E-state index is 0.0291. The lowest BCUT2D eigenvalue weighted by Crippen LogP contribution is -2.52. The van der Waals surface area contributed by atoms with Crippen molar-refractivity contribution in [2.24, 2.45) is 5.92 Å². The fraction of sp³-hybridized carbons (Fsp3) is 0.627. The summed E-state index contributed by atoms with van der Waals surface area (Å²) in [6.07, 6.45) is 2.16. The number of carbonyl (C=O) groups is 9. The van der Waals surface area contributed by atoms with Gasteiger partial charge in [0.2, 0.25) is 35.4 Å². The normalized spacial score (nSPS) is 19.8. The van der Waals surface area contributed by atoms with Crippen molar-refractivity contribution in [1.82, 2.24) is 50.7 Å². The lowest BCUT2D eigenvalue weighted by molar-refractivity contribution is -0.140. The topological polar surface area (TPSA) is 324 Å². The zero-order valence-corrected chi connectivity index (χ0v) is 52.5. The molecule has 7 N–H and O–H groups in total. The average molecular weight is 1370 g/mol. The van der Waals surface area contributed by atoms with E-state index in [9.17, 15) is 72.5 Å². The molecule has 25 nitrogen and oxygen atoms in total. The van der Waals surface area contributed by atoms with Crippen LogP contribution in [-0.2, 0) is 77.9 Å². The zero-order valence-electron chi connectivity index (χ0n) is 49.5. The third kappa shape index (κ3) is 24.7. The number of hydrogen-bond donors (Lipinski definition) is 7. The quantitative estimate of drug-likeness (QED) is 0.0393. The lowest BCUT2D eigenvalue weighted by Gasteiger charge is -2.33. The zero-order chi connectivity index (χ0) is 63.6. The van der Waals surface area contributed by atoms with Crippen LogP contribution in [0.2, 0.25) is 0 Å². The molecule has 4 aliphatic rings. The molecule has 1 unspecified atom stereocenters. The highest BCUT2D eigenvalue weighted by molar-refractivity contribution is 14.1. The van der Waals surface area contributed by atoms with Gasteiger partial charge in [-0.2, -0.15) is 17.0 Å². The molecule has 2 aromatic carbocycles. The lowest BCUT2D eigenvalue weighted by atomic mass is 9.99. The number of halogens is 3. The number of nitrogens with zero attached hydrogens (tertiary/aromatic N) is 7. The third-order valence-corrected chi connectivity index (χ3v) is 17.3. The van der Waals surface area contributed by atoms with E-state index in [1.165, 1.54) is 0 Å². The monoisotopic (exact) mass is 1370 g/mol. The molecule has 4 atom stereocenters. The van der Waals surface area contributed by atoms with Gasteiger partial charge in [0, 0.05) is 119 Å². The van der Waals surface area contributed by atoms with Crippen molar-refractivity contribution >= 4 is 87.7 Å². The first kappa shape index (κ1) is 70.9. The van der Waals surface area contributed by atoms with Gasteiger partial charge in [0.1, 0.15) is 18.1 Å². The number of carboxylic acids is 3. The summed E-state index contributed by atoms with van der Waals surface area (Å²) in [7, 11) is 0. The molecule has 0 aliphatic carbocycles. The molecule has 0 radical (unpaired) electrons. The standard InChI is InChI=1S/C59H82F2IN11O14S/c60-59(61)31-46(32-63)73(40-59)58(85)49-29-44(56(83)67-49)30-52(76)72-33-42-6-4-7-43(47(42)34-72)39-88-28-27-87-26-25-86-24-15-65-57(84)48(8-1-2-14-64-50(74)9-3-5-41-10-12-45(62)13-11-41)66-51(75)35-68-16-18-69(36-53(77)78)20-22-71(38-55(81)82)23-21-70(19-17-68)37-54(79)80/h4,6-7,10-13,44,46,48-49H,1-3,5,8-9,14-31,33-40H2,(H,64,74)(H,65,84)(H,66,75)(H,67,83)(H,77,78)(H,79,80)(H,81,82)/t44-,46-,48?,49-/m0/s1. The Hall–Kier alpha value is -6.14. The van der Waals surface area contributed by atoms with Crippen LogP contribution in [-0.4, -0.2) is 252 Å². The number of unbranched alkanes of at least 4 members (excludes halogenated alkanes) is 1. The molecule has 4 heterocycles. The van der Waals surface area contributed by atoms with E-state index in [1.54, 1.807) is 42.3 Å². The predicted octanol–water partition coefficient (Wildman–Crippen LogP) is 1.44. The molecule has 6 amide bonds. The number of aryl methyl sites for hydroxylation is 1. The number of likely N-dealkylation sites (tertiary alicyclic amines) is 1. The molecule has 0 saturated carbocycles. The second-order valence-corrected chi connectivity index (χ2v) is 24.8. The van der Waals surface area contributed by atoms with Gasteiger partial charge >= 0.3 is 17.9 Å². The molecule has 3 saturated heterocycles. The minimum atomic E-state index is -3.19. The molecule has 4 aliphatic heterocycles. The number of hydrogen-bond acceptors (Lipinski definition) is 17. The number of benzene rings is 2. The van der Waals surface area contributed by atoms with Crippen molar-refractivity contribution in [3.8, 4) is 6.07 Å². The molecule has 0 spiro atoms. The highest BCUT2D eigenvalue weighted by Crippen LogP contribution is 2.34. The molecule has 2 aromatic rings. The van der Waals surface area contributed by atoms with E-state index in [1.807, 2.05) is 42.5 Å². The number of ether oxygens (including phenoxy) is 2. The first-order chi connectivity index (χ1) is 42.1. The van der Waals surface area contributed by atoms with Gasteiger partial charge in [-0.15, -0.1) is 0 Å². The molecule has 88 heavy (non-hydrogen) atoms. The second-order valence-electron chi connectivity index (χ2n) is 22.5. The number of alkyl halides is 2. The van der Waals surface area contributed by atoms with E-state index >= 15 is 0 Å². The Bertz CT molecular complexity index is 2720. The fourth-order valence-corrected chi connectivity index (χ4v) is 12.2. The van der Waals surface area contributed by atoms with Gasteiger partial charge in [0.05, 0.1) is 65.2 Å². The first-order valence-electron chi connectivity index (χ1n) is 29.8. The van der Waals surface area contributed by atoms with Crippen LogP contribution in [0.4, 0.5) is 8.78 Å². The number of carboxylic acid groups (broad SMARTS) is 3. The SMILES string of the molecule is N#C[C@@H]1CC(F)(F)CN1C(=O)[C@@H]1C[C@@H](CC(=O)N2Cc3cccc(CSCCOCCOCCNC(=O)C(CCCCNC(=O)CCCc4ccc(I)cc4)NC(=O)CN4CCN(CC(=O)O)CCN(CC(=O)O)CCN(CC(=O)O)CC4)c3C2)C(=O)N1. The van der Waals surface area contributed by atoms with E-state index in [4.69, 9.17) is 9.47 Å². The van der Waals surface area contributed by atoms with Crippen molar-refractivity contribution in [2.45, 2.75) is 101 Å². The highest BCUT2D eigenvalue weighted by Gasteiger charge is 2.50. The largest absolute Gasteiger partial charge is 0.480 e. The number of carbonyl (C=O) groups excluding carboxylic acids is 6. The van der Waals surface area contributed by atoms with Crippen molar-refractivity contribution in [2.75, 3.05) is 130 Å². The van der Waals surface area contributed by atoms with Crippen LogP contribution in [0.1, 0.15) is 73.6 Å². The van der Waals surface area contributed by atoms with Gasteiger partial charge in [-0.1, -0.05) is 30.3 Å². The maximum atomic E-state index is 14.0. The minimum Gasteiger partial charge on any atom is -0.480 e. The van der Waals surface area contributed by atoms with E-state index in [-0.39, 0.29) is 129 Å². The first-order valence-corrected chi connectivity index (χ1v) is 32.0. The molecular weight excluding hydrogens is 1280 g/mol. The van der Waals surface area contributed by atoms with Gasteiger partial charge in [-0.05, 0) is 95.5 Å². The van der Waals surface area contributed by atoms with E-state index in [0.29, 0.717) is 70.0 Å². The number of amides is 6. The van der Waals surface area contributed by atoms with Crippen molar-refractivity contribution in [3.05, 3.63) is 68.3 Å². The Morgan fingerprint density at radius 1 is 0.761 bits per heavy atom. The van der Waals surface area contributed by atoms with Crippen molar-refractivity contribution in [3.63, 3.8) is 0 Å². The molecule has 3 fully saturated rings. The summed E-state index contributed by atoms with van der Waals surface area (Å²) in [5, 5.41) is 49.3. The van der Waals surface area contributed by atoms with Crippen molar-refractivity contribution < 1.29 is 76.7 Å². The summed E-state index contributed by atoms with van der Waals surface area (Å²) in [4.78, 5) is 124. The number of nitriles is 1. The van der Waals surface area contributed by atoms with Gasteiger partial charge in [-0.3, -0.25) is 62.8 Å². The Kier molecular flexibility index (Phi) is 29.4. The number of rotatable bonds is 33. The summed E-state index contributed by atoms with van der Waals surface area (Å²) in [5.41, 5.74) is 4.23. The Morgan fingerprint density at radius 2 is 1.38 bits per heavy atom. The van der Waals surface area contributed by atoms with E-state index in [0.717, 1.165) is 37.1 Å². The summed E-state index contributed by atoms with van der Waals surface area (Å²) in [5.74, 6) is -8.43. The second kappa shape index (κ2) is 36.5. The smallest absolute Gasteiger partial charge is 0.317 e. The fourth-order valence-electron chi connectivity index (χ4n) is 11.0. The average Bonchev–Trinajstić information content (AvgIpc) is 3.61. The summed E-state index contributed by atoms with van der Waals surface area (Å²) >= 11 is 3.90. The Labute approximate surface area is 529 Å². The molecular formula is C59H82F2IN11O14S. The predicted molar refractivity (Wildman–Crippen MR) is 326 cm³/mol. The van der Waals surface area contributed by atoms with Gasteiger partial charge in [0.25, 0.3) is 5.92 Å². The molecule has 6 rings (SSSR count). The molecule has 484 valence electrons. The number of nitrogens with one attached hydrogen (secondary N) is 4. The Morgan fingerprint density at radius 3 is 1.99 bits per heavy atom. The maximum absolute atomic E-state index is 14.0. The van der Waals surface area contributed by atoms with Gasteiger partial charge in [0.15, 0.2) is 0 Å². The van der Waals surface area contributed by atoms with Gasteiger partial charge < -0.3 is 55.9 Å². The van der Waals surface area contributed by atoms with Crippen LogP contribution >= 0.6 is 34.4 Å². The summed E-state index contributed by atoms with van der Waals surface area (Å²) < 4.78 is 40.7. The maximum Gasteiger partial charge on any atom is 0.317 e.